The first-order chi connectivity index (χ1) is 12.1. The van der Waals surface area contributed by atoms with Crippen LogP contribution < -0.4 is 5.32 Å². The highest BCUT2D eigenvalue weighted by atomic mass is 79.9. The van der Waals surface area contributed by atoms with Gasteiger partial charge in [0, 0.05) is 35.9 Å². The van der Waals surface area contributed by atoms with Gasteiger partial charge in [0.25, 0.3) is 5.91 Å². The Morgan fingerprint density at radius 2 is 2.04 bits per heavy atom. The lowest BCUT2D eigenvalue weighted by Crippen LogP contribution is -2.12. The summed E-state index contributed by atoms with van der Waals surface area (Å²) in [6, 6.07) is 11.2. The second-order valence-corrected chi connectivity index (χ2v) is 6.58. The van der Waals surface area contributed by atoms with E-state index in [1.54, 1.807) is 29.2 Å². The molecule has 1 N–H and O–H groups in total. The van der Waals surface area contributed by atoms with E-state index in [0.29, 0.717) is 17.1 Å². The molecule has 4 aromatic rings. The quantitative estimate of drug-likeness (QED) is 0.573. The summed E-state index contributed by atoms with van der Waals surface area (Å²) in [5, 5.41) is 8.07. The van der Waals surface area contributed by atoms with E-state index >= 15 is 0 Å². The third-order valence-corrected chi connectivity index (χ3v) is 4.35. The Labute approximate surface area is 152 Å². The van der Waals surface area contributed by atoms with Crippen LogP contribution in [0.5, 0.6) is 0 Å². The van der Waals surface area contributed by atoms with Crippen LogP contribution in [0.3, 0.4) is 0 Å². The van der Waals surface area contributed by atoms with Crippen molar-refractivity contribution >= 4 is 38.4 Å². The van der Waals surface area contributed by atoms with Crippen molar-refractivity contribution < 1.29 is 4.79 Å². The van der Waals surface area contributed by atoms with Crippen LogP contribution in [0, 0.1) is 0 Å². The van der Waals surface area contributed by atoms with Crippen molar-refractivity contribution in [2.24, 2.45) is 7.05 Å². The molecule has 0 fully saturated rings. The number of aromatic nitrogens is 4. The van der Waals surface area contributed by atoms with E-state index in [9.17, 15) is 4.79 Å². The number of anilines is 1. The molecule has 3 heterocycles. The lowest BCUT2D eigenvalue weighted by atomic mass is 10.1. The lowest BCUT2D eigenvalue weighted by Gasteiger charge is -2.07. The van der Waals surface area contributed by atoms with E-state index in [1.165, 1.54) is 0 Å². The minimum Gasteiger partial charge on any atom is -0.351 e. The molecule has 0 radical (unpaired) electrons. The molecule has 25 heavy (non-hydrogen) atoms. The van der Waals surface area contributed by atoms with Crippen LogP contribution in [0.1, 0.15) is 10.4 Å². The van der Waals surface area contributed by atoms with Gasteiger partial charge in [-0.3, -0.25) is 4.79 Å². The molecule has 1 amide bonds. The molecule has 0 saturated carbocycles. The third-order valence-electron chi connectivity index (χ3n) is 3.94. The standard InChI is InChI=1S/C18H14BrN5O/c1-23-7-6-12-8-13(2-4-16(12)23)18(25)22-15-3-5-17(20-10-15)24-11-14(19)9-21-24/h2-11H,1H3,(H,22,25). The van der Waals surface area contributed by atoms with Crippen LogP contribution in [0.15, 0.2) is 65.7 Å². The Morgan fingerprint density at radius 1 is 1.16 bits per heavy atom. The maximum absolute atomic E-state index is 12.5. The van der Waals surface area contributed by atoms with Crippen LogP contribution in [-0.2, 0) is 7.05 Å². The maximum Gasteiger partial charge on any atom is 0.255 e. The number of aryl methyl sites for hydroxylation is 1. The van der Waals surface area contributed by atoms with E-state index in [2.05, 4.69) is 31.3 Å². The summed E-state index contributed by atoms with van der Waals surface area (Å²) in [6.07, 6.45) is 7.10. The van der Waals surface area contributed by atoms with Crippen molar-refractivity contribution in [1.82, 2.24) is 19.3 Å². The third kappa shape index (κ3) is 3.06. The number of benzene rings is 1. The molecule has 7 heteroatoms. The molecule has 4 rings (SSSR count). The fourth-order valence-electron chi connectivity index (χ4n) is 2.65. The highest BCUT2D eigenvalue weighted by Crippen LogP contribution is 2.18. The monoisotopic (exact) mass is 395 g/mol. The number of carbonyl (C=O) groups excluding carboxylic acids is 1. The van der Waals surface area contributed by atoms with Gasteiger partial charge >= 0.3 is 0 Å². The Bertz CT molecular complexity index is 1060. The summed E-state index contributed by atoms with van der Waals surface area (Å²) in [7, 11) is 1.98. The number of pyridine rings is 1. The van der Waals surface area contributed by atoms with Gasteiger partial charge in [-0.05, 0) is 52.3 Å². The number of amides is 1. The first-order valence-electron chi connectivity index (χ1n) is 7.63. The van der Waals surface area contributed by atoms with Crippen molar-refractivity contribution in [2.45, 2.75) is 0 Å². The number of nitrogens with one attached hydrogen (secondary N) is 1. The number of hydrogen-bond acceptors (Lipinski definition) is 3. The smallest absolute Gasteiger partial charge is 0.255 e. The first-order valence-corrected chi connectivity index (χ1v) is 8.42. The fourth-order valence-corrected chi connectivity index (χ4v) is 2.93. The maximum atomic E-state index is 12.5. The molecule has 3 aromatic heterocycles. The normalized spacial score (nSPS) is 11.0. The molecular formula is C18H14BrN5O. The van der Waals surface area contributed by atoms with Gasteiger partial charge < -0.3 is 9.88 Å². The van der Waals surface area contributed by atoms with E-state index in [0.717, 1.165) is 15.4 Å². The predicted molar refractivity (Wildman–Crippen MR) is 99.9 cm³/mol. The van der Waals surface area contributed by atoms with Crippen LogP contribution in [0.2, 0.25) is 0 Å². The number of nitrogens with zero attached hydrogens (tertiary/aromatic N) is 4. The number of fused-ring (bicyclic) bond motifs is 1. The minimum atomic E-state index is -0.165. The van der Waals surface area contributed by atoms with Crippen molar-refractivity contribution in [2.75, 3.05) is 5.32 Å². The van der Waals surface area contributed by atoms with Crippen molar-refractivity contribution in [3.05, 3.63) is 71.2 Å². The Balaban J connectivity index is 1.53. The number of halogens is 1. The lowest BCUT2D eigenvalue weighted by molar-refractivity contribution is 0.102. The topological polar surface area (TPSA) is 64.7 Å². The number of rotatable bonds is 3. The average Bonchev–Trinajstić information content (AvgIpc) is 3.21. The highest BCUT2D eigenvalue weighted by Gasteiger charge is 2.09. The van der Waals surface area contributed by atoms with Gasteiger partial charge in [-0.15, -0.1) is 0 Å². The molecule has 0 aliphatic heterocycles. The Hall–Kier alpha value is -2.93. The summed E-state index contributed by atoms with van der Waals surface area (Å²) >= 11 is 3.35. The van der Waals surface area contributed by atoms with E-state index < -0.39 is 0 Å². The molecule has 1 aromatic carbocycles. The largest absolute Gasteiger partial charge is 0.351 e. The van der Waals surface area contributed by atoms with Crippen LogP contribution in [0.4, 0.5) is 5.69 Å². The second-order valence-electron chi connectivity index (χ2n) is 5.66. The Morgan fingerprint density at radius 3 is 2.76 bits per heavy atom. The average molecular weight is 396 g/mol. The van der Waals surface area contributed by atoms with Crippen molar-refractivity contribution in [1.29, 1.82) is 0 Å². The first kappa shape index (κ1) is 15.6. The molecule has 0 unspecified atom stereocenters. The zero-order valence-electron chi connectivity index (χ0n) is 13.3. The molecule has 0 bridgehead atoms. The summed E-state index contributed by atoms with van der Waals surface area (Å²) < 4.78 is 4.55. The summed E-state index contributed by atoms with van der Waals surface area (Å²) in [5.74, 6) is 0.511. The fraction of sp³-hybridized carbons (Fsp3) is 0.0556. The van der Waals surface area contributed by atoms with E-state index in [4.69, 9.17) is 0 Å². The number of carbonyl (C=O) groups is 1. The summed E-state index contributed by atoms with van der Waals surface area (Å²) in [5.41, 5.74) is 2.33. The van der Waals surface area contributed by atoms with Crippen LogP contribution in [-0.4, -0.2) is 25.2 Å². The zero-order valence-corrected chi connectivity index (χ0v) is 14.9. The van der Waals surface area contributed by atoms with Crippen molar-refractivity contribution in [3.8, 4) is 5.82 Å². The Kier molecular flexibility index (Phi) is 3.85. The molecule has 0 spiro atoms. The van der Waals surface area contributed by atoms with Gasteiger partial charge in [0.05, 0.1) is 22.6 Å². The van der Waals surface area contributed by atoms with Gasteiger partial charge in [-0.2, -0.15) is 5.10 Å². The molecular weight excluding hydrogens is 382 g/mol. The van der Waals surface area contributed by atoms with Gasteiger partial charge in [0.15, 0.2) is 5.82 Å². The molecule has 0 saturated heterocycles. The predicted octanol–water partition coefficient (Wildman–Crippen LogP) is 3.77. The summed E-state index contributed by atoms with van der Waals surface area (Å²) in [4.78, 5) is 16.8. The van der Waals surface area contributed by atoms with Crippen LogP contribution in [0.25, 0.3) is 16.7 Å². The van der Waals surface area contributed by atoms with Crippen LogP contribution >= 0.6 is 15.9 Å². The summed E-state index contributed by atoms with van der Waals surface area (Å²) in [6.45, 7) is 0. The van der Waals surface area contributed by atoms with E-state index in [1.807, 2.05) is 48.3 Å². The highest BCUT2D eigenvalue weighted by molar-refractivity contribution is 9.10. The molecule has 0 aliphatic rings. The van der Waals surface area contributed by atoms with Gasteiger partial charge in [-0.25, -0.2) is 9.67 Å². The molecule has 0 atom stereocenters. The molecule has 0 aliphatic carbocycles. The SMILES string of the molecule is Cn1ccc2cc(C(=O)Nc3ccc(-n4cc(Br)cn4)nc3)ccc21. The second kappa shape index (κ2) is 6.18. The minimum absolute atomic E-state index is 0.165. The van der Waals surface area contributed by atoms with Gasteiger partial charge in [0.2, 0.25) is 0 Å². The van der Waals surface area contributed by atoms with Gasteiger partial charge in [0.1, 0.15) is 0 Å². The molecule has 6 nitrogen and oxygen atoms in total. The zero-order chi connectivity index (χ0) is 17.4. The van der Waals surface area contributed by atoms with Gasteiger partial charge in [-0.1, -0.05) is 0 Å². The molecule has 124 valence electrons. The number of hydrogen-bond donors (Lipinski definition) is 1. The van der Waals surface area contributed by atoms with E-state index in [-0.39, 0.29) is 5.91 Å². The van der Waals surface area contributed by atoms with Crippen molar-refractivity contribution in [3.63, 3.8) is 0 Å².